The van der Waals surface area contributed by atoms with Gasteiger partial charge in [-0.2, -0.15) is 5.10 Å². The lowest BCUT2D eigenvalue weighted by molar-refractivity contribution is 0.617. The molecule has 0 saturated heterocycles. The van der Waals surface area contributed by atoms with Crippen molar-refractivity contribution in [1.82, 2.24) is 5.43 Å². The first kappa shape index (κ1) is 7.84. The summed E-state index contributed by atoms with van der Waals surface area (Å²) in [6.07, 6.45) is 12.9. The van der Waals surface area contributed by atoms with Crippen LogP contribution in [0.4, 0.5) is 0 Å². The van der Waals surface area contributed by atoms with Crippen molar-refractivity contribution in [2.75, 3.05) is 0 Å². The van der Waals surface area contributed by atoms with Crippen LogP contribution >= 0.6 is 0 Å². The molecule has 1 saturated carbocycles. The van der Waals surface area contributed by atoms with Gasteiger partial charge in [-0.05, 0) is 38.0 Å². The van der Waals surface area contributed by atoms with Crippen molar-refractivity contribution >= 4 is 6.21 Å². The lowest BCUT2D eigenvalue weighted by Crippen LogP contribution is -2.11. The normalized spacial score (nSPS) is 29.5. The molecule has 0 aromatic heterocycles. The van der Waals surface area contributed by atoms with Gasteiger partial charge in [0, 0.05) is 12.3 Å². The van der Waals surface area contributed by atoms with E-state index < -0.39 is 0 Å². The van der Waals surface area contributed by atoms with Crippen LogP contribution in [0.2, 0.25) is 0 Å². The van der Waals surface area contributed by atoms with Crippen LogP contribution in [0.15, 0.2) is 17.3 Å². The summed E-state index contributed by atoms with van der Waals surface area (Å²) in [5, 5.41) is 4.25. The van der Waals surface area contributed by atoms with Crippen molar-refractivity contribution in [3.05, 3.63) is 12.2 Å². The highest BCUT2D eigenvalue weighted by atomic mass is 15.3. The van der Waals surface area contributed by atoms with Crippen molar-refractivity contribution in [1.29, 1.82) is 0 Å². The Bertz CT molecular complexity index is 192. The lowest BCUT2D eigenvalue weighted by atomic mass is 9.96. The number of allylic oxidation sites excluding steroid dienone is 2. The molecule has 0 radical (unpaired) electrons. The molecular weight excluding hydrogens is 148 g/mol. The number of hydrogen-bond acceptors (Lipinski definition) is 2. The Labute approximate surface area is 73.7 Å². The van der Waals surface area contributed by atoms with Gasteiger partial charge in [0.25, 0.3) is 0 Å². The van der Waals surface area contributed by atoms with Crippen LogP contribution in [0, 0.1) is 5.92 Å². The summed E-state index contributed by atoms with van der Waals surface area (Å²) in [5.74, 6) is 0.682. The molecule has 1 fully saturated rings. The fourth-order valence-corrected chi connectivity index (χ4v) is 1.42. The summed E-state index contributed by atoms with van der Waals surface area (Å²) < 4.78 is 0. The zero-order valence-electron chi connectivity index (χ0n) is 7.37. The summed E-state index contributed by atoms with van der Waals surface area (Å²) in [5.41, 5.74) is 3.15. The SMILES string of the molecule is C1=CCC(/C=N/NC2CC2)CC1. The highest BCUT2D eigenvalue weighted by molar-refractivity contribution is 5.60. The Morgan fingerprint density at radius 1 is 1.25 bits per heavy atom. The fraction of sp³-hybridized carbons (Fsp3) is 0.700. The lowest BCUT2D eigenvalue weighted by Gasteiger charge is -2.11. The van der Waals surface area contributed by atoms with Crippen LogP contribution in [-0.4, -0.2) is 12.3 Å². The number of nitrogens with one attached hydrogen (secondary N) is 1. The molecule has 1 unspecified atom stereocenters. The van der Waals surface area contributed by atoms with Crippen molar-refractivity contribution in [3.63, 3.8) is 0 Å². The summed E-state index contributed by atoms with van der Waals surface area (Å²) in [7, 11) is 0. The van der Waals surface area contributed by atoms with Crippen LogP contribution in [0.1, 0.15) is 32.1 Å². The standard InChI is InChI=1S/C10H16N2/c1-2-4-9(5-3-1)8-11-12-10-6-7-10/h1-2,8-10,12H,3-7H2/b11-8+. The van der Waals surface area contributed by atoms with E-state index in [1.807, 2.05) is 0 Å². The molecule has 2 aliphatic rings. The zero-order valence-corrected chi connectivity index (χ0v) is 7.37. The van der Waals surface area contributed by atoms with Crippen molar-refractivity contribution in [3.8, 4) is 0 Å². The maximum Gasteiger partial charge on any atom is 0.0441 e. The average Bonchev–Trinajstić information content (AvgIpc) is 2.90. The third-order valence-corrected chi connectivity index (χ3v) is 2.43. The summed E-state index contributed by atoms with van der Waals surface area (Å²) >= 11 is 0. The van der Waals surface area contributed by atoms with Crippen molar-refractivity contribution < 1.29 is 0 Å². The third kappa shape index (κ3) is 2.36. The number of nitrogens with zero attached hydrogens (tertiary/aromatic N) is 1. The first-order valence-electron chi connectivity index (χ1n) is 4.89. The van der Waals surface area contributed by atoms with E-state index >= 15 is 0 Å². The fourth-order valence-electron chi connectivity index (χ4n) is 1.42. The molecule has 0 aromatic carbocycles. The molecule has 0 amide bonds. The van der Waals surface area contributed by atoms with Gasteiger partial charge in [-0.25, -0.2) is 0 Å². The van der Waals surface area contributed by atoms with Gasteiger partial charge in [0.1, 0.15) is 0 Å². The minimum absolute atomic E-state index is 0.682. The van der Waals surface area contributed by atoms with Gasteiger partial charge in [-0.1, -0.05) is 12.2 Å². The minimum Gasteiger partial charge on any atom is -0.307 e. The van der Waals surface area contributed by atoms with Crippen LogP contribution in [0.5, 0.6) is 0 Å². The zero-order chi connectivity index (χ0) is 8.23. The third-order valence-electron chi connectivity index (χ3n) is 2.43. The molecule has 1 atom stereocenters. The maximum absolute atomic E-state index is 4.25. The highest BCUT2D eigenvalue weighted by Crippen LogP contribution is 2.19. The summed E-state index contributed by atoms with van der Waals surface area (Å²) in [4.78, 5) is 0. The maximum atomic E-state index is 4.25. The van der Waals surface area contributed by atoms with E-state index in [0.717, 1.165) is 0 Å². The molecule has 2 heteroatoms. The molecule has 0 heterocycles. The molecule has 0 aliphatic heterocycles. The average molecular weight is 164 g/mol. The van der Waals surface area contributed by atoms with Gasteiger partial charge in [-0.3, -0.25) is 0 Å². The van der Waals surface area contributed by atoms with E-state index in [9.17, 15) is 0 Å². The summed E-state index contributed by atoms with van der Waals surface area (Å²) in [6.45, 7) is 0. The molecule has 12 heavy (non-hydrogen) atoms. The van der Waals surface area contributed by atoms with Crippen LogP contribution in [0.25, 0.3) is 0 Å². The quantitative estimate of drug-likeness (QED) is 0.385. The molecule has 1 N–H and O–H groups in total. The van der Waals surface area contributed by atoms with E-state index in [-0.39, 0.29) is 0 Å². The smallest absolute Gasteiger partial charge is 0.0441 e. The van der Waals surface area contributed by atoms with Crippen LogP contribution in [0.3, 0.4) is 0 Å². The predicted octanol–water partition coefficient (Wildman–Crippen LogP) is 2.08. The highest BCUT2D eigenvalue weighted by Gasteiger charge is 2.19. The van der Waals surface area contributed by atoms with Gasteiger partial charge in [0.05, 0.1) is 0 Å². The molecule has 2 nitrogen and oxygen atoms in total. The van der Waals surface area contributed by atoms with Crippen molar-refractivity contribution in [2.24, 2.45) is 11.0 Å². The van der Waals surface area contributed by atoms with Gasteiger partial charge in [0.15, 0.2) is 0 Å². The molecule has 0 bridgehead atoms. The van der Waals surface area contributed by atoms with E-state index in [2.05, 4.69) is 28.9 Å². The Morgan fingerprint density at radius 3 is 2.83 bits per heavy atom. The Hall–Kier alpha value is -0.790. The second-order valence-corrected chi connectivity index (χ2v) is 3.73. The van der Waals surface area contributed by atoms with Crippen LogP contribution in [-0.2, 0) is 0 Å². The van der Waals surface area contributed by atoms with Crippen molar-refractivity contribution in [2.45, 2.75) is 38.1 Å². The molecule has 2 rings (SSSR count). The first-order valence-corrected chi connectivity index (χ1v) is 4.89. The van der Waals surface area contributed by atoms with Gasteiger partial charge < -0.3 is 5.43 Å². The molecular formula is C10H16N2. The summed E-state index contributed by atoms with van der Waals surface area (Å²) in [6, 6.07) is 0.695. The first-order chi connectivity index (χ1) is 5.95. The van der Waals surface area contributed by atoms with Gasteiger partial charge in [0.2, 0.25) is 0 Å². The predicted molar refractivity (Wildman–Crippen MR) is 51.1 cm³/mol. The Morgan fingerprint density at radius 2 is 2.17 bits per heavy atom. The van der Waals surface area contributed by atoms with E-state index in [4.69, 9.17) is 0 Å². The number of hydrogen-bond donors (Lipinski definition) is 1. The Kier molecular flexibility index (Phi) is 2.45. The molecule has 0 spiro atoms. The molecule has 66 valence electrons. The topological polar surface area (TPSA) is 24.4 Å². The minimum atomic E-state index is 0.682. The second-order valence-electron chi connectivity index (χ2n) is 3.73. The molecule has 2 aliphatic carbocycles. The van der Waals surface area contributed by atoms with Gasteiger partial charge in [-0.15, -0.1) is 0 Å². The van der Waals surface area contributed by atoms with E-state index in [0.29, 0.717) is 12.0 Å². The molecule has 0 aromatic rings. The van der Waals surface area contributed by atoms with Gasteiger partial charge >= 0.3 is 0 Å². The van der Waals surface area contributed by atoms with E-state index in [1.165, 1.54) is 32.1 Å². The monoisotopic (exact) mass is 164 g/mol. The second kappa shape index (κ2) is 3.74. The Balaban J connectivity index is 1.69. The number of rotatable bonds is 3. The number of hydrazone groups is 1. The van der Waals surface area contributed by atoms with E-state index in [1.54, 1.807) is 0 Å². The van der Waals surface area contributed by atoms with Crippen LogP contribution < -0.4 is 5.43 Å². The largest absolute Gasteiger partial charge is 0.307 e.